The number of ether oxygens (including phenoxy) is 2. The van der Waals surface area contributed by atoms with E-state index in [0.29, 0.717) is 36.7 Å². The summed E-state index contributed by atoms with van der Waals surface area (Å²) in [6.07, 6.45) is 1.31. The van der Waals surface area contributed by atoms with Crippen molar-refractivity contribution in [2.24, 2.45) is 5.92 Å². The smallest absolute Gasteiger partial charge is 0.222 e. The molecule has 23 heavy (non-hydrogen) atoms. The molecular weight excluding hydrogens is 314 g/mol. The zero-order valence-electron chi connectivity index (χ0n) is 15.2. The van der Waals surface area contributed by atoms with E-state index in [2.05, 4.69) is 33.0 Å². The first-order chi connectivity index (χ1) is 10.8. The molecule has 0 rings (SSSR count). The molecule has 0 spiro atoms. The van der Waals surface area contributed by atoms with Crippen molar-refractivity contribution < 1.29 is 19.1 Å². The van der Waals surface area contributed by atoms with Crippen LogP contribution in [0.4, 0.5) is 0 Å². The van der Waals surface area contributed by atoms with E-state index in [9.17, 15) is 9.59 Å². The summed E-state index contributed by atoms with van der Waals surface area (Å²) in [7, 11) is 0. The maximum atomic E-state index is 11.8. The lowest BCUT2D eigenvalue weighted by molar-refractivity contribution is -0.127. The maximum absolute atomic E-state index is 11.8. The number of carbonyl (C=O) groups is 2. The van der Waals surface area contributed by atoms with Gasteiger partial charge >= 0.3 is 0 Å². The van der Waals surface area contributed by atoms with Gasteiger partial charge in [-0.05, 0) is 24.5 Å². The lowest BCUT2D eigenvalue weighted by atomic mass is 10.1. The average molecular weight is 348 g/mol. The molecule has 0 aromatic carbocycles. The number of thioether (sulfide) groups is 1. The Morgan fingerprint density at radius 2 is 1.61 bits per heavy atom. The molecule has 1 unspecified atom stereocenters. The zero-order chi connectivity index (χ0) is 17.7. The standard InChI is InChI=1S/C17H33NO4S/c1-13(2)6-8-21-10-11-22-9-7-17(20)18-16(15(5)19)12-23-14(3)4/h13-14,16H,6-12H2,1-5H3,(H,18,20). The highest BCUT2D eigenvalue weighted by atomic mass is 32.2. The first-order valence-corrected chi connectivity index (χ1v) is 9.44. The second-order valence-electron chi connectivity index (χ2n) is 6.27. The fourth-order valence-electron chi connectivity index (χ4n) is 1.62. The third kappa shape index (κ3) is 14.7. The molecule has 0 aromatic heterocycles. The quantitative estimate of drug-likeness (QED) is 0.489. The molecule has 0 bridgehead atoms. The number of rotatable bonds is 14. The van der Waals surface area contributed by atoms with E-state index in [4.69, 9.17) is 9.47 Å². The van der Waals surface area contributed by atoms with Gasteiger partial charge < -0.3 is 14.8 Å². The van der Waals surface area contributed by atoms with Crippen LogP contribution < -0.4 is 5.32 Å². The van der Waals surface area contributed by atoms with Crippen LogP contribution in [0.25, 0.3) is 0 Å². The van der Waals surface area contributed by atoms with Crippen LogP contribution in [0.2, 0.25) is 0 Å². The first kappa shape index (κ1) is 22.4. The Hall–Kier alpha value is -0.590. The Balaban J connectivity index is 3.69. The van der Waals surface area contributed by atoms with Crippen molar-refractivity contribution in [3.8, 4) is 0 Å². The molecule has 5 nitrogen and oxygen atoms in total. The summed E-state index contributed by atoms with van der Waals surface area (Å²) >= 11 is 1.67. The summed E-state index contributed by atoms with van der Waals surface area (Å²) in [5.41, 5.74) is 0. The van der Waals surface area contributed by atoms with Crippen LogP contribution >= 0.6 is 11.8 Å². The van der Waals surface area contributed by atoms with Gasteiger partial charge in [-0.15, -0.1) is 0 Å². The van der Waals surface area contributed by atoms with Gasteiger partial charge in [0.15, 0.2) is 5.78 Å². The van der Waals surface area contributed by atoms with Crippen LogP contribution in [-0.4, -0.2) is 55.2 Å². The fourth-order valence-corrected chi connectivity index (χ4v) is 2.52. The summed E-state index contributed by atoms with van der Waals surface area (Å²) < 4.78 is 10.8. The fraction of sp³-hybridized carbons (Fsp3) is 0.882. The van der Waals surface area contributed by atoms with Gasteiger partial charge in [-0.2, -0.15) is 11.8 Å². The molecule has 1 N–H and O–H groups in total. The highest BCUT2D eigenvalue weighted by Crippen LogP contribution is 2.11. The van der Waals surface area contributed by atoms with Gasteiger partial charge in [0.2, 0.25) is 5.91 Å². The second kappa shape index (κ2) is 13.8. The zero-order valence-corrected chi connectivity index (χ0v) is 16.0. The van der Waals surface area contributed by atoms with E-state index in [1.165, 1.54) is 6.92 Å². The molecule has 6 heteroatoms. The van der Waals surface area contributed by atoms with Gasteiger partial charge in [-0.1, -0.05) is 27.7 Å². The topological polar surface area (TPSA) is 64.6 Å². The lowest BCUT2D eigenvalue weighted by Crippen LogP contribution is -2.42. The minimum absolute atomic E-state index is 0.00836. The van der Waals surface area contributed by atoms with E-state index in [1.807, 2.05) is 0 Å². The molecule has 1 atom stereocenters. The van der Waals surface area contributed by atoms with Crippen LogP contribution in [0, 0.1) is 5.92 Å². The SMILES string of the molecule is CC(=O)C(CSC(C)C)NC(=O)CCOCCOCCC(C)C. The van der Waals surface area contributed by atoms with Gasteiger partial charge in [0.1, 0.15) is 0 Å². The van der Waals surface area contributed by atoms with E-state index in [0.717, 1.165) is 13.0 Å². The van der Waals surface area contributed by atoms with Crippen LogP contribution in [0.3, 0.4) is 0 Å². The molecule has 0 radical (unpaired) electrons. The Kier molecular flexibility index (Phi) is 13.5. The van der Waals surface area contributed by atoms with Crippen molar-refractivity contribution in [1.82, 2.24) is 5.32 Å². The van der Waals surface area contributed by atoms with Crippen molar-refractivity contribution >= 4 is 23.5 Å². The number of hydrogen-bond acceptors (Lipinski definition) is 5. The van der Waals surface area contributed by atoms with Crippen LogP contribution in [-0.2, 0) is 19.1 Å². The minimum atomic E-state index is -0.408. The molecule has 0 saturated heterocycles. The van der Waals surface area contributed by atoms with Crippen molar-refractivity contribution in [1.29, 1.82) is 0 Å². The molecular formula is C17H33NO4S. The Morgan fingerprint density at radius 1 is 1.00 bits per heavy atom. The molecule has 0 heterocycles. The van der Waals surface area contributed by atoms with Gasteiger partial charge in [0.05, 0.1) is 25.9 Å². The molecule has 0 aliphatic carbocycles. The van der Waals surface area contributed by atoms with Gasteiger partial charge in [-0.3, -0.25) is 9.59 Å². The normalized spacial score (nSPS) is 12.7. The van der Waals surface area contributed by atoms with E-state index in [1.54, 1.807) is 11.8 Å². The van der Waals surface area contributed by atoms with Crippen LogP contribution in [0.15, 0.2) is 0 Å². The highest BCUT2D eigenvalue weighted by Gasteiger charge is 2.17. The Bertz CT molecular complexity index is 335. The molecule has 0 aromatic rings. The highest BCUT2D eigenvalue weighted by molar-refractivity contribution is 7.99. The van der Waals surface area contributed by atoms with Gasteiger partial charge in [0.25, 0.3) is 0 Å². The van der Waals surface area contributed by atoms with Crippen LogP contribution in [0.1, 0.15) is 47.5 Å². The summed E-state index contributed by atoms with van der Waals surface area (Å²) in [6.45, 7) is 12.1. The largest absolute Gasteiger partial charge is 0.379 e. The number of carbonyl (C=O) groups excluding carboxylic acids is 2. The van der Waals surface area contributed by atoms with E-state index in [-0.39, 0.29) is 18.1 Å². The predicted molar refractivity (Wildman–Crippen MR) is 95.9 cm³/mol. The number of nitrogens with one attached hydrogen (secondary N) is 1. The summed E-state index contributed by atoms with van der Waals surface area (Å²) in [5, 5.41) is 3.21. The Labute approximate surface area is 145 Å². The van der Waals surface area contributed by atoms with Crippen molar-refractivity contribution in [2.45, 2.75) is 58.8 Å². The average Bonchev–Trinajstić information content (AvgIpc) is 2.45. The first-order valence-electron chi connectivity index (χ1n) is 8.39. The monoisotopic (exact) mass is 347 g/mol. The molecule has 1 amide bonds. The molecule has 0 fully saturated rings. The molecule has 0 saturated carbocycles. The summed E-state index contributed by atoms with van der Waals surface area (Å²) in [6, 6.07) is -0.408. The number of Topliss-reactive ketones (excluding diaryl/α,β-unsaturated/α-hetero) is 1. The maximum Gasteiger partial charge on any atom is 0.222 e. The third-order valence-corrected chi connectivity index (χ3v) is 4.30. The summed E-state index contributed by atoms with van der Waals surface area (Å²) in [5.74, 6) is 1.10. The number of amides is 1. The van der Waals surface area contributed by atoms with Crippen molar-refractivity contribution in [3.05, 3.63) is 0 Å². The van der Waals surface area contributed by atoms with Crippen molar-refractivity contribution in [2.75, 3.05) is 32.2 Å². The third-order valence-electron chi connectivity index (χ3n) is 3.11. The molecule has 0 aliphatic heterocycles. The molecule has 136 valence electrons. The number of ketones is 1. The van der Waals surface area contributed by atoms with Gasteiger partial charge in [-0.25, -0.2) is 0 Å². The van der Waals surface area contributed by atoms with Crippen molar-refractivity contribution in [3.63, 3.8) is 0 Å². The van der Waals surface area contributed by atoms with Gasteiger partial charge in [0, 0.05) is 18.8 Å². The van der Waals surface area contributed by atoms with E-state index < -0.39 is 6.04 Å². The Morgan fingerprint density at radius 3 is 2.13 bits per heavy atom. The number of hydrogen-bond donors (Lipinski definition) is 1. The van der Waals surface area contributed by atoms with Crippen LogP contribution in [0.5, 0.6) is 0 Å². The predicted octanol–water partition coefficient (Wildman–Crippen LogP) is 2.67. The van der Waals surface area contributed by atoms with E-state index >= 15 is 0 Å². The minimum Gasteiger partial charge on any atom is -0.379 e. The second-order valence-corrected chi connectivity index (χ2v) is 7.88. The molecule has 0 aliphatic rings. The summed E-state index contributed by atoms with van der Waals surface area (Å²) in [4.78, 5) is 23.4. The lowest BCUT2D eigenvalue weighted by Gasteiger charge is -2.16.